The zero-order valence-electron chi connectivity index (χ0n) is 13.7. The minimum absolute atomic E-state index is 0.158. The maximum atomic E-state index is 12.5. The maximum absolute atomic E-state index is 12.5. The smallest absolute Gasteiger partial charge is 0.255 e. The zero-order chi connectivity index (χ0) is 16.9. The molecule has 4 nitrogen and oxygen atoms in total. The molecule has 0 aromatic heterocycles. The molecule has 24 heavy (non-hydrogen) atoms. The summed E-state index contributed by atoms with van der Waals surface area (Å²) in [6.45, 7) is 1.62. The summed E-state index contributed by atoms with van der Waals surface area (Å²) >= 11 is 6.00. The van der Waals surface area contributed by atoms with E-state index in [4.69, 9.17) is 16.3 Å². The van der Waals surface area contributed by atoms with Crippen LogP contribution in [-0.4, -0.2) is 32.1 Å². The second kappa shape index (κ2) is 7.58. The molecule has 1 saturated heterocycles. The first-order chi connectivity index (χ1) is 11.7. The lowest BCUT2D eigenvalue weighted by molar-refractivity contribution is 0.0948. The Hall–Kier alpha value is -2.20. The van der Waals surface area contributed by atoms with E-state index < -0.39 is 0 Å². The second-order valence-corrected chi connectivity index (χ2v) is 6.32. The standard InChI is InChI=1S/C19H21ClN2O2/c1-24-18-10-9-14(20)12-17(18)19(23)21-13-16-8-5-11-22(16)15-6-3-2-4-7-15/h2-4,6-7,9-10,12,16H,5,8,11,13H2,1H3,(H,21,23)/t16-/m1/s1. The Kier molecular flexibility index (Phi) is 5.26. The molecule has 0 spiro atoms. The van der Waals surface area contributed by atoms with E-state index in [1.807, 2.05) is 18.2 Å². The Morgan fingerprint density at radius 3 is 2.83 bits per heavy atom. The molecule has 1 aliphatic heterocycles. The Morgan fingerprint density at radius 2 is 2.08 bits per heavy atom. The van der Waals surface area contributed by atoms with Gasteiger partial charge in [-0.2, -0.15) is 0 Å². The van der Waals surface area contributed by atoms with Gasteiger partial charge in [0.15, 0.2) is 0 Å². The van der Waals surface area contributed by atoms with E-state index >= 15 is 0 Å². The van der Waals surface area contributed by atoms with E-state index in [0.29, 0.717) is 28.9 Å². The van der Waals surface area contributed by atoms with Crippen molar-refractivity contribution in [2.75, 3.05) is 25.1 Å². The summed E-state index contributed by atoms with van der Waals surface area (Å²) in [4.78, 5) is 14.9. The normalized spacial score (nSPS) is 16.9. The van der Waals surface area contributed by atoms with Gasteiger partial charge >= 0.3 is 0 Å². The van der Waals surface area contributed by atoms with Crippen molar-refractivity contribution < 1.29 is 9.53 Å². The number of hydrogen-bond acceptors (Lipinski definition) is 3. The lowest BCUT2D eigenvalue weighted by atomic mass is 10.1. The van der Waals surface area contributed by atoms with Gasteiger partial charge in [-0.15, -0.1) is 0 Å². The highest BCUT2D eigenvalue weighted by Crippen LogP contribution is 2.25. The predicted octanol–water partition coefficient (Wildman–Crippen LogP) is 3.75. The van der Waals surface area contributed by atoms with Crippen LogP contribution < -0.4 is 15.0 Å². The van der Waals surface area contributed by atoms with Crippen molar-refractivity contribution in [1.82, 2.24) is 5.32 Å². The van der Waals surface area contributed by atoms with Crippen molar-refractivity contribution in [3.63, 3.8) is 0 Å². The number of nitrogens with zero attached hydrogens (tertiary/aromatic N) is 1. The summed E-state index contributed by atoms with van der Waals surface area (Å²) in [6.07, 6.45) is 2.21. The summed E-state index contributed by atoms with van der Waals surface area (Å²) in [6, 6.07) is 15.7. The molecule has 2 aromatic carbocycles. The van der Waals surface area contributed by atoms with Gasteiger partial charge < -0.3 is 15.0 Å². The van der Waals surface area contributed by atoms with Crippen LogP contribution in [0.5, 0.6) is 5.75 Å². The number of ether oxygens (including phenoxy) is 1. The van der Waals surface area contributed by atoms with Crippen molar-refractivity contribution in [1.29, 1.82) is 0 Å². The Labute approximate surface area is 147 Å². The number of nitrogens with one attached hydrogen (secondary N) is 1. The number of para-hydroxylation sites is 1. The molecule has 1 heterocycles. The number of methoxy groups -OCH3 is 1. The Balaban J connectivity index is 1.67. The first kappa shape index (κ1) is 16.7. The molecular formula is C19H21ClN2O2. The number of rotatable bonds is 5. The monoisotopic (exact) mass is 344 g/mol. The third-order valence-electron chi connectivity index (χ3n) is 4.37. The van der Waals surface area contributed by atoms with Crippen LogP contribution in [0.3, 0.4) is 0 Å². The van der Waals surface area contributed by atoms with Gasteiger partial charge in [-0.05, 0) is 43.2 Å². The van der Waals surface area contributed by atoms with Crippen molar-refractivity contribution in [2.45, 2.75) is 18.9 Å². The summed E-state index contributed by atoms with van der Waals surface area (Å²) in [5.74, 6) is 0.373. The SMILES string of the molecule is COc1ccc(Cl)cc1C(=O)NC[C@H]1CCCN1c1ccccc1. The van der Waals surface area contributed by atoms with Gasteiger partial charge in [0.05, 0.1) is 12.7 Å². The summed E-state index contributed by atoms with van der Waals surface area (Å²) < 4.78 is 5.25. The fraction of sp³-hybridized carbons (Fsp3) is 0.316. The van der Waals surface area contributed by atoms with Gasteiger partial charge in [0.25, 0.3) is 5.91 Å². The number of amides is 1. The van der Waals surface area contributed by atoms with Gasteiger partial charge in [0.1, 0.15) is 5.75 Å². The van der Waals surface area contributed by atoms with Gasteiger partial charge in [-0.25, -0.2) is 0 Å². The number of benzene rings is 2. The highest BCUT2D eigenvalue weighted by atomic mass is 35.5. The van der Waals surface area contributed by atoms with E-state index in [1.54, 1.807) is 25.3 Å². The van der Waals surface area contributed by atoms with Gasteiger partial charge in [0.2, 0.25) is 0 Å². The zero-order valence-corrected chi connectivity index (χ0v) is 14.4. The molecule has 0 bridgehead atoms. The van der Waals surface area contributed by atoms with Gasteiger partial charge in [0, 0.05) is 29.8 Å². The first-order valence-corrected chi connectivity index (χ1v) is 8.50. The first-order valence-electron chi connectivity index (χ1n) is 8.12. The second-order valence-electron chi connectivity index (χ2n) is 5.88. The lowest BCUT2D eigenvalue weighted by Crippen LogP contribution is -2.40. The largest absolute Gasteiger partial charge is 0.496 e. The summed E-state index contributed by atoms with van der Waals surface area (Å²) in [5, 5.41) is 3.54. The number of carbonyl (C=O) groups excluding carboxylic acids is 1. The number of halogens is 1. The average molecular weight is 345 g/mol. The van der Waals surface area contributed by atoms with Crippen molar-refractivity contribution in [3.8, 4) is 5.75 Å². The maximum Gasteiger partial charge on any atom is 0.255 e. The molecule has 0 unspecified atom stereocenters. The van der Waals surface area contributed by atoms with Crippen LogP contribution >= 0.6 is 11.6 Å². The highest BCUT2D eigenvalue weighted by Gasteiger charge is 2.25. The minimum Gasteiger partial charge on any atom is -0.496 e. The number of anilines is 1. The molecule has 126 valence electrons. The molecular weight excluding hydrogens is 324 g/mol. The van der Waals surface area contributed by atoms with Crippen LogP contribution in [-0.2, 0) is 0 Å². The molecule has 5 heteroatoms. The molecule has 1 fully saturated rings. The minimum atomic E-state index is -0.158. The molecule has 1 amide bonds. The third-order valence-corrected chi connectivity index (χ3v) is 4.60. The Morgan fingerprint density at radius 1 is 1.29 bits per heavy atom. The van der Waals surface area contributed by atoms with Crippen LogP contribution in [0.25, 0.3) is 0 Å². The predicted molar refractivity (Wildman–Crippen MR) is 97.1 cm³/mol. The van der Waals surface area contributed by atoms with Crippen LogP contribution in [0.1, 0.15) is 23.2 Å². The van der Waals surface area contributed by atoms with Crippen molar-refractivity contribution in [3.05, 3.63) is 59.1 Å². The van der Waals surface area contributed by atoms with Gasteiger partial charge in [-0.3, -0.25) is 4.79 Å². The molecule has 2 aromatic rings. The summed E-state index contributed by atoms with van der Waals surface area (Å²) in [7, 11) is 1.55. The fourth-order valence-corrected chi connectivity index (χ4v) is 3.34. The van der Waals surface area contributed by atoms with Gasteiger partial charge in [-0.1, -0.05) is 29.8 Å². The topological polar surface area (TPSA) is 41.6 Å². The molecule has 0 saturated carbocycles. The molecule has 1 N–H and O–H groups in total. The van der Waals surface area contributed by atoms with E-state index in [0.717, 1.165) is 19.4 Å². The van der Waals surface area contributed by atoms with E-state index in [-0.39, 0.29) is 5.91 Å². The lowest BCUT2D eigenvalue weighted by Gasteiger charge is -2.27. The molecule has 1 aliphatic rings. The van der Waals surface area contributed by atoms with E-state index in [1.165, 1.54) is 5.69 Å². The van der Waals surface area contributed by atoms with Crippen LogP contribution in [0.4, 0.5) is 5.69 Å². The average Bonchev–Trinajstić information content (AvgIpc) is 3.09. The fourth-order valence-electron chi connectivity index (χ4n) is 3.17. The number of carbonyl (C=O) groups is 1. The van der Waals surface area contributed by atoms with Crippen LogP contribution in [0, 0.1) is 0 Å². The van der Waals surface area contributed by atoms with Crippen LogP contribution in [0.2, 0.25) is 5.02 Å². The summed E-state index contributed by atoms with van der Waals surface area (Å²) in [5.41, 5.74) is 1.67. The van der Waals surface area contributed by atoms with E-state index in [2.05, 4.69) is 22.3 Å². The van der Waals surface area contributed by atoms with E-state index in [9.17, 15) is 4.79 Å². The molecule has 3 rings (SSSR count). The van der Waals surface area contributed by atoms with Crippen molar-refractivity contribution >= 4 is 23.2 Å². The Bertz CT molecular complexity index is 706. The van der Waals surface area contributed by atoms with Crippen LogP contribution in [0.15, 0.2) is 48.5 Å². The third kappa shape index (κ3) is 3.65. The van der Waals surface area contributed by atoms with Crippen molar-refractivity contribution in [2.24, 2.45) is 0 Å². The molecule has 0 radical (unpaired) electrons. The molecule has 0 aliphatic carbocycles. The highest BCUT2D eigenvalue weighted by molar-refractivity contribution is 6.31. The quantitative estimate of drug-likeness (QED) is 0.898. The molecule has 1 atom stereocenters. The number of hydrogen-bond donors (Lipinski definition) is 1.